The van der Waals surface area contributed by atoms with Gasteiger partial charge in [0.25, 0.3) is 5.91 Å². The molecule has 1 fully saturated rings. The molecule has 3 rings (SSSR count). The van der Waals surface area contributed by atoms with E-state index >= 15 is 0 Å². The van der Waals surface area contributed by atoms with E-state index in [1.165, 1.54) is 6.08 Å². The fourth-order valence-corrected chi connectivity index (χ4v) is 3.02. The number of nitrogens with zero attached hydrogens (tertiary/aromatic N) is 1. The van der Waals surface area contributed by atoms with Gasteiger partial charge in [0.1, 0.15) is 13.2 Å². The zero-order chi connectivity index (χ0) is 17.6. The Kier molecular flexibility index (Phi) is 5.58. The lowest BCUT2D eigenvalue weighted by Crippen LogP contribution is -2.41. The first-order valence-corrected chi connectivity index (χ1v) is 8.64. The van der Waals surface area contributed by atoms with Crippen molar-refractivity contribution >= 4 is 18.0 Å². The van der Waals surface area contributed by atoms with Crippen LogP contribution in [0.2, 0.25) is 0 Å². The molecule has 0 saturated carbocycles. The first-order valence-electron chi connectivity index (χ1n) is 8.64. The number of amides is 1. The van der Waals surface area contributed by atoms with E-state index in [0.29, 0.717) is 30.6 Å². The van der Waals surface area contributed by atoms with Crippen LogP contribution in [0.3, 0.4) is 0 Å². The smallest absolute Gasteiger partial charge is 0.331 e. The first-order chi connectivity index (χ1) is 12.1. The summed E-state index contributed by atoms with van der Waals surface area (Å²) in [4.78, 5) is 25.7. The summed E-state index contributed by atoms with van der Waals surface area (Å²) in [5.41, 5.74) is 0.803. The zero-order valence-corrected chi connectivity index (χ0v) is 14.4. The average molecular weight is 345 g/mol. The van der Waals surface area contributed by atoms with Crippen molar-refractivity contribution < 1.29 is 23.8 Å². The van der Waals surface area contributed by atoms with E-state index in [4.69, 9.17) is 14.2 Å². The van der Waals surface area contributed by atoms with Gasteiger partial charge in [-0.2, -0.15) is 0 Å². The van der Waals surface area contributed by atoms with Crippen molar-refractivity contribution in [3.8, 4) is 11.5 Å². The largest absolute Gasteiger partial charge is 0.486 e. The van der Waals surface area contributed by atoms with E-state index in [2.05, 4.69) is 6.92 Å². The topological polar surface area (TPSA) is 65.1 Å². The lowest BCUT2D eigenvalue weighted by Gasteiger charge is -2.30. The summed E-state index contributed by atoms with van der Waals surface area (Å²) in [6, 6.07) is 5.44. The van der Waals surface area contributed by atoms with Gasteiger partial charge in [0, 0.05) is 19.2 Å². The number of piperidine rings is 1. The van der Waals surface area contributed by atoms with Gasteiger partial charge in [0.15, 0.2) is 18.1 Å². The summed E-state index contributed by atoms with van der Waals surface area (Å²) in [5.74, 6) is 1.20. The molecule has 1 saturated heterocycles. The van der Waals surface area contributed by atoms with E-state index in [-0.39, 0.29) is 12.5 Å². The molecule has 2 aliphatic rings. The second-order valence-electron chi connectivity index (χ2n) is 6.43. The number of ether oxygens (including phenoxy) is 3. The molecule has 1 amide bonds. The average Bonchev–Trinajstić information content (AvgIpc) is 2.64. The van der Waals surface area contributed by atoms with Crippen LogP contribution in [0.15, 0.2) is 24.3 Å². The number of rotatable bonds is 4. The highest BCUT2D eigenvalue weighted by atomic mass is 16.6. The number of hydrogen-bond donors (Lipinski definition) is 0. The van der Waals surface area contributed by atoms with Crippen molar-refractivity contribution in [3.05, 3.63) is 29.8 Å². The monoisotopic (exact) mass is 345 g/mol. The van der Waals surface area contributed by atoms with Crippen LogP contribution in [0.5, 0.6) is 11.5 Å². The summed E-state index contributed by atoms with van der Waals surface area (Å²) in [6.07, 6.45) is 5.10. The summed E-state index contributed by atoms with van der Waals surface area (Å²) in [6.45, 7) is 4.45. The van der Waals surface area contributed by atoms with E-state index in [1.807, 2.05) is 6.07 Å². The van der Waals surface area contributed by atoms with Crippen molar-refractivity contribution in [2.75, 3.05) is 32.9 Å². The van der Waals surface area contributed by atoms with Gasteiger partial charge in [-0.25, -0.2) is 4.79 Å². The summed E-state index contributed by atoms with van der Waals surface area (Å²) >= 11 is 0. The highest BCUT2D eigenvalue weighted by Gasteiger charge is 2.21. The van der Waals surface area contributed by atoms with E-state index in [9.17, 15) is 9.59 Å². The van der Waals surface area contributed by atoms with Gasteiger partial charge in [-0.15, -0.1) is 0 Å². The van der Waals surface area contributed by atoms with Gasteiger partial charge in [0.05, 0.1) is 0 Å². The normalized spacial score (nSPS) is 19.7. The third-order valence-electron chi connectivity index (χ3n) is 4.33. The minimum atomic E-state index is -0.534. The Hall–Kier alpha value is -2.50. The van der Waals surface area contributed by atoms with Gasteiger partial charge in [-0.05, 0) is 42.5 Å². The Morgan fingerprint density at radius 3 is 2.88 bits per heavy atom. The molecular weight excluding hydrogens is 322 g/mol. The van der Waals surface area contributed by atoms with Crippen molar-refractivity contribution in [2.45, 2.75) is 19.8 Å². The Labute approximate surface area is 147 Å². The van der Waals surface area contributed by atoms with E-state index in [0.717, 1.165) is 31.5 Å². The molecule has 134 valence electrons. The van der Waals surface area contributed by atoms with Gasteiger partial charge < -0.3 is 19.1 Å². The van der Waals surface area contributed by atoms with Crippen LogP contribution >= 0.6 is 0 Å². The van der Waals surface area contributed by atoms with Gasteiger partial charge in [0.2, 0.25) is 0 Å². The Bertz CT molecular complexity index is 670. The maximum atomic E-state index is 12.1. The summed E-state index contributed by atoms with van der Waals surface area (Å²) in [5, 5.41) is 0. The molecule has 2 aliphatic heterocycles. The predicted octanol–water partition coefficient (Wildman–Crippen LogP) is 2.27. The molecule has 0 radical (unpaired) electrons. The zero-order valence-electron chi connectivity index (χ0n) is 14.4. The minimum absolute atomic E-state index is 0.132. The number of hydrogen-bond acceptors (Lipinski definition) is 5. The molecule has 2 heterocycles. The summed E-state index contributed by atoms with van der Waals surface area (Å²) in [7, 11) is 0. The van der Waals surface area contributed by atoms with Crippen molar-refractivity contribution in [1.29, 1.82) is 0 Å². The number of likely N-dealkylation sites (tertiary alicyclic amines) is 1. The fourth-order valence-electron chi connectivity index (χ4n) is 3.02. The minimum Gasteiger partial charge on any atom is -0.486 e. The maximum absolute atomic E-state index is 12.1. The molecular formula is C19H23NO5. The van der Waals surface area contributed by atoms with Crippen LogP contribution in [0.25, 0.3) is 6.08 Å². The second-order valence-corrected chi connectivity index (χ2v) is 6.43. The van der Waals surface area contributed by atoms with Crippen molar-refractivity contribution in [3.63, 3.8) is 0 Å². The quantitative estimate of drug-likeness (QED) is 0.619. The molecule has 0 unspecified atom stereocenters. The van der Waals surface area contributed by atoms with Gasteiger partial charge in [-0.1, -0.05) is 13.0 Å². The number of benzene rings is 1. The standard InChI is InChI=1S/C19H23NO5/c1-14-3-2-8-20(12-14)18(21)13-25-19(22)7-5-15-4-6-16-17(11-15)24-10-9-23-16/h4-7,11,14H,2-3,8-10,12-13H2,1H3/b7-5+/t14-/m1/s1. The molecule has 6 heteroatoms. The predicted molar refractivity (Wildman–Crippen MR) is 92.4 cm³/mol. The maximum Gasteiger partial charge on any atom is 0.331 e. The van der Waals surface area contributed by atoms with Gasteiger partial charge >= 0.3 is 5.97 Å². The Balaban J connectivity index is 1.48. The molecule has 1 aromatic carbocycles. The highest BCUT2D eigenvalue weighted by molar-refractivity contribution is 5.89. The molecule has 0 aliphatic carbocycles. The number of carbonyl (C=O) groups is 2. The van der Waals surface area contributed by atoms with E-state index in [1.54, 1.807) is 23.1 Å². The Morgan fingerprint density at radius 1 is 1.28 bits per heavy atom. The molecule has 6 nitrogen and oxygen atoms in total. The van der Waals surface area contributed by atoms with Crippen LogP contribution < -0.4 is 9.47 Å². The third-order valence-corrected chi connectivity index (χ3v) is 4.33. The third kappa shape index (κ3) is 4.75. The molecule has 25 heavy (non-hydrogen) atoms. The van der Waals surface area contributed by atoms with Crippen LogP contribution in [0.1, 0.15) is 25.3 Å². The second kappa shape index (κ2) is 8.05. The van der Waals surface area contributed by atoms with Gasteiger partial charge in [-0.3, -0.25) is 4.79 Å². The van der Waals surface area contributed by atoms with Crippen molar-refractivity contribution in [1.82, 2.24) is 4.90 Å². The van der Waals surface area contributed by atoms with Crippen LogP contribution in [-0.2, 0) is 14.3 Å². The molecule has 1 aromatic rings. The van der Waals surface area contributed by atoms with Crippen molar-refractivity contribution in [2.24, 2.45) is 5.92 Å². The number of carbonyl (C=O) groups excluding carboxylic acids is 2. The molecule has 0 bridgehead atoms. The first kappa shape index (κ1) is 17.3. The highest BCUT2D eigenvalue weighted by Crippen LogP contribution is 2.31. The lowest BCUT2D eigenvalue weighted by atomic mass is 10.0. The lowest BCUT2D eigenvalue weighted by molar-refractivity contribution is -0.149. The fraction of sp³-hybridized carbons (Fsp3) is 0.474. The van der Waals surface area contributed by atoms with Crippen LogP contribution in [-0.4, -0.2) is 49.7 Å². The number of esters is 1. The molecule has 0 N–H and O–H groups in total. The molecule has 0 spiro atoms. The summed E-state index contributed by atoms with van der Waals surface area (Å²) < 4.78 is 16.0. The molecule has 1 atom stereocenters. The Morgan fingerprint density at radius 2 is 2.08 bits per heavy atom. The van der Waals surface area contributed by atoms with Crippen LogP contribution in [0, 0.1) is 5.92 Å². The SMILES string of the molecule is C[C@@H]1CCCN(C(=O)COC(=O)/C=C/c2ccc3c(c2)OCCO3)C1. The van der Waals surface area contributed by atoms with E-state index < -0.39 is 5.97 Å². The van der Waals surface area contributed by atoms with Crippen LogP contribution in [0.4, 0.5) is 0 Å². The number of fused-ring (bicyclic) bond motifs is 1. The molecule has 0 aromatic heterocycles.